The van der Waals surface area contributed by atoms with Gasteiger partial charge in [-0.05, 0) is 12.8 Å². The lowest BCUT2D eigenvalue weighted by atomic mass is 10.2. The van der Waals surface area contributed by atoms with E-state index in [-0.39, 0.29) is 0 Å². The van der Waals surface area contributed by atoms with Gasteiger partial charge in [0, 0.05) is 0 Å². The molecule has 0 spiro atoms. The smallest absolute Gasteiger partial charge is 0.0841 e. The quantitative estimate of drug-likeness (QED) is 0.511. The highest BCUT2D eigenvalue weighted by Crippen LogP contribution is 2.28. The largest absolute Gasteiger partial charge is 0.370 e. The van der Waals surface area contributed by atoms with Crippen LogP contribution in [0.25, 0.3) is 0 Å². The van der Waals surface area contributed by atoms with E-state index in [2.05, 4.69) is 13.8 Å². The minimum Gasteiger partial charge on any atom is -0.370 e. The molecule has 0 N–H and O–H groups in total. The van der Waals surface area contributed by atoms with Crippen LogP contribution in [0.15, 0.2) is 0 Å². The van der Waals surface area contributed by atoms with E-state index in [9.17, 15) is 0 Å². The second-order valence-electron chi connectivity index (χ2n) is 2.41. The SMILES string of the molecule is CCC[C@@H]1O[C@@H]1CC. The first kappa shape index (κ1) is 6.09. The van der Waals surface area contributed by atoms with Crippen LogP contribution in [0.2, 0.25) is 0 Å². The maximum Gasteiger partial charge on any atom is 0.0841 e. The first-order valence-electron chi connectivity index (χ1n) is 3.54. The third-order valence-corrected chi connectivity index (χ3v) is 1.66. The van der Waals surface area contributed by atoms with Gasteiger partial charge < -0.3 is 4.74 Å². The molecular weight excluding hydrogens is 100 g/mol. The van der Waals surface area contributed by atoms with Crippen molar-refractivity contribution in [1.29, 1.82) is 0 Å². The van der Waals surface area contributed by atoms with Gasteiger partial charge in [-0.2, -0.15) is 0 Å². The second kappa shape index (κ2) is 2.49. The molecule has 1 saturated heterocycles. The summed E-state index contributed by atoms with van der Waals surface area (Å²) < 4.78 is 5.31. The number of rotatable bonds is 3. The standard InChI is InChI=1S/C7H14O/c1-3-5-7-6(4-2)8-7/h6-7H,3-5H2,1-2H3/t6-,7+/m1/s1. The highest BCUT2D eigenvalue weighted by atomic mass is 16.6. The molecule has 0 amide bonds. The van der Waals surface area contributed by atoms with Crippen LogP contribution in [-0.2, 0) is 4.74 Å². The van der Waals surface area contributed by atoms with Crippen LogP contribution in [-0.4, -0.2) is 12.2 Å². The third-order valence-electron chi connectivity index (χ3n) is 1.66. The molecule has 2 atom stereocenters. The summed E-state index contributed by atoms with van der Waals surface area (Å²) >= 11 is 0. The fourth-order valence-corrected chi connectivity index (χ4v) is 1.08. The fraction of sp³-hybridized carbons (Fsp3) is 1.00. The molecular formula is C7H14O. The zero-order valence-corrected chi connectivity index (χ0v) is 5.68. The Labute approximate surface area is 51.0 Å². The highest BCUT2D eigenvalue weighted by Gasteiger charge is 2.35. The molecule has 1 aliphatic rings. The topological polar surface area (TPSA) is 12.5 Å². The summed E-state index contributed by atoms with van der Waals surface area (Å²) in [6.07, 6.45) is 4.98. The van der Waals surface area contributed by atoms with Crippen molar-refractivity contribution >= 4 is 0 Å². The number of ether oxygens (including phenoxy) is 1. The monoisotopic (exact) mass is 114 g/mol. The molecule has 0 radical (unpaired) electrons. The van der Waals surface area contributed by atoms with Crippen LogP contribution in [0, 0.1) is 0 Å². The maximum atomic E-state index is 5.31. The Morgan fingerprint density at radius 1 is 1.25 bits per heavy atom. The van der Waals surface area contributed by atoms with E-state index in [1.165, 1.54) is 19.3 Å². The van der Waals surface area contributed by atoms with Crippen LogP contribution >= 0.6 is 0 Å². The second-order valence-corrected chi connectivity index (χ2v) is 2.41. The molecule has 0 saturated carbocycles. The van der Waals surface area contributed by atoms with E-state index in [1.807, 2.05) is 0 Å². The molecule has 0 aromatic rings. The van der Waals surface area contributed by atoms with Gasteiger partial charge in [0.15, 0.2) is 0 Å². The van der Waals surface area contributed by atoms with Crippen molar-refractivity contribution in [2.24, 2.45) is 0 Å². The average Bonchev–Trinajstić information content (AvgIpc) is 2.48. The Morgan fingerprint density at radius 2 is 2.00 bits per heavy atom. The summed E-state index contributed by atoms with van der Waals surface area (Å²) in [7, 11) is 0. The Balaban J connectivity index is 1.99. The van der Waals surface area contributed by atoms with Gasteiger partial charge in [-0.3, -0.25) is 0 Å². The van der Waals surface area contributed by atoms with Crippen molar-refractivity contribution in [3.63, 3.8) is 0 Å². The molecule has 0 aromatic heterocycles. The maximum absolute atomic E-state index is 5.31. The third kappa shape index (κ3) is 1.22. The van der Waals surface area contributed by atoms with Crippen LogP contribution in [0.1, 0.15) is 33.1 Å². The number of epoxide rings is 1. The summed E-state index contributed by atoms with van der Waals surface area (Å²) in [4.78, 5) is 0. The minimum atomic E-state index is 0.620. The molecule has 1 aliphatic heterocycles. The zero-order valence-electron chi connectivity index (χ0n) is 5.68. The first-order chi connectivity index (χ1) is 3.88. The summed E-state index contributed by atoms with van der Waals surface area (Å²) in [6, 6.07) is 0. The lowest BCUT2D eigenvalue weighted by molar-refractivity contribution is 0.359. The molecule has 1 nitrogen and oxygen atoms in total. The summed E-state index contributed by atoms with van der Waals surface area (Å²) in [5.41, 5.74) is 0. The molecule has 1 rings (SSSR count). The van der Waals surface area contributed by atoms with Crippen LogP contribution in [0.3, 0.4) is 0 Å². The van der Waals surface area contributed by atoms with E-state index in [0.717, 1.165) is 0 Å². The molecule has 48 valence electrons. The van der Waals surface area contributed by atoms with Crippen molar-refractivity contribution < 1.29 is 4.74 Å². The van der Waals surface area contributed by atoms with Crippen molar-refractivity contribution in [3.05, 3.63) is 0 Å². The Kier molecular flexibility index (Phi) is 1.90. The number of hydrogen-bond acceptors (Lipinski definition) is 1. The van der Waals surface area contributed by atoms with Gasteiger partial charge in [-0.25, -0.2) is 0 Å². The van der Waals surface area contributed by atoms with Crippen molar-refractivity contribution in [2.75, 3.05) is 0 Å². The molecule has 0 aliphatic carbocycles. The van der Waals surface area contributed by atoms with Crippen LogP contribution < -0.4 is 0 Å². The first-order valence-corrected chi connectivity index (χ1v) is 3.54. The normalized spacial score (nSPS) is 35.2. The van der Waals surface area contributed by atoms with E-state index in [1.54, 1.807) is 0 Å². The van der Waals surface area contributed by atoms with Gasteiger partial charge in [0.2, 0.25) is 0 Å². The van der Waals surface area contributed by atoms with Crippen molar-refractivity contribution in [1.82, 2.24) is 0 Å². The van der Waals surface area contributed by atoms with Gasteiger partial charge in [-0.15, -0.1) is 0 Å². The lowest BCUT2D eigenvalue weighted by Crippen LogP contribution is -1.89. The van der Waals surface area contributed by atoms with Gasteiger partial charge >= 0.3 is 0 Å². The Bertz CT molecular complexity index is 70.8. The van der Waals surface area contributed by atoms with E-state index < -0.39 is 0 Å². The Hall–Kier alpha value is -0.0400. The average molecular weight is 114 g/mol. The van der Waals surface area contributed by atoms with E-state index in [4.69, 9.17) is 4.74 Å². The fourth-order valence-electron chi connectivity index (χ4n) is 1.08. The molecule has 1 heteroatoms. The molecule has 8 heavy (non-hydrogen) atoms. The predicted molar refractivity (Wildman–Crippen MR) is 33.9 cm³/mol. The van der Waals surface area contributed by atoms with Gasteiger partial charge in [0.05, 0.1) is 12.2 Å². The summed E-state index contributed by atoms with van der Waals surface area (Å²) in [6.45, 7) is 4.38. The minimum absolute atomic E-state index is 0.620. The van der Waals surface area contributed by atoms with Gasteiger partial charge in [-0.1, -0.05) is 20.3 Å². The highest BCUT2D eigenvalue weighted by molar-refractivity contribution is 4.82. The molecule has 0 aromatic carbocycles. The van der Waals surface area contributed by atoms with Crippen LogP contribution in [0.4, 0.5) is 0 Å². The molecule has 0 unspecified atom stereocenters. The number of hydrogen-bond donors (Lipinski definition) is 0. The van der Waals surface area contributed by atoms with Gasteiger partial charge in [0.1, 0.15) is 0 Å². The zero-order chi connectivity index (χ0) is 5.98. The van der Waals surface area contributed by atoms with E-state index in [0.29, 0.717) is 12.2 Å². The molecule has 1 heterocycles. The van der Waals surface area contributed by atoms with Crippen molar-refractivity contribution in [2.45, 2.75) is 45.3 Å². The van der Waals surface area contributed by atoms with E-state index >= 15 is 0 Å². The Morgan fingerprint density at radius 3 is 2.38 bits per heavy atom. The molecule has 1 fully saturated rings. The lowest BCUT2D eigenvalue weighted by Gasteiger charge is -1.84. The molecule has 0 bridgehead atoms. The van der Waals surface area contributed by atoms with Gasteiger partial charge in [0.25, 0.3) is 0 Å². The summed E-state index contributed by atoms with van der Waals surface area (Å²) in [5, 5.41) is 0. The van der Waals surface area contributed by atoms with Crippen molar-refractivity contribution in [3.8, 4) is 0 Å². The predicted octanol–water partition coefficient (Wildman–Crippen LogP) is 1.96. The summed E-state index contributed by atoms with van der Waals surface area (Å²) in [5.74, 6) is 0. The van der Waals surface area contributed by atoms with Crippen LogP contribution in [0.5, 0.6) is 0 Å².